The molecule has 0 nitrogen and oxygen atoms in total. The van der Waals surface area contributed by atoms with Crippen LogP contribution in [0.1, 0.15) is 49.3 Å². The molecule has 0 heterocycles. The lowest BCUT2D eigenvalue weighted by Crippen LogP contribution is -2.03. The SMILES string of the molecule is C1=CC(C(CCc2ccccc2)c2ccccc2)=CCC(c2cccc3ccccc23)=C1.CC. The Morgan fingerprint density at radius 2 is 1.38 bits per heavy atom. The smallest absolute Gasteiger partial charge is 0.00894 e. The van der Waals surface area contributed by atoms with Gasteiger partial charge in [0.25, 0.3) is 0 Å². The molecule has 1 aliphatic rings. The van der Waals surface area contributed by atoms with Crippen LogP contribution in [0.25, 0.3) is 16.3 Å². The van der Waals surface area contributed by atoms with E-state index in [-0.39, 0.29) is 0 Å². The van der Waals surface area contributed by atoms with Gasteiger partial charge in [-0.05, 0) is 57.9 Å². The fourth-order valence-electron chi connectivity index (χ4n) is 4.77. The van der Waals surface area contributed by atoms with Gasteiger partial charge in [-0.15, -0.1) is 0 Å². The van der Waals surface area contributed by atoms with E-state index in [1.165, 1.54) is 38.6 Å². The molecule has 0 aromatic heterocycles. The summed E-state index contributed by atoms with van der Waals surface area (Å²) in [5.74, 6) is 0.396. The Kier molecular flexibility index (Phi) is 8.30. The second-order valence-corrected chi connectivity index (χ2v) is 8.47. The Morgan fingerprint density at radius 1 is 0.706 bits per heavy atom. The van der Waals surface area contributed by atoms with Crippen LogP contribution in [0.2, 0.25) is 0 Å². The van der Waals surface area contributed by atoms with Gasteiger partial charge < -0.3 is 0 Å². The molecule has 0 fully saturated rings. The molecule has 0 radical (unpaired) electrons. The normalized spacial score (nSPS) is 13.8. The van der Waals surface area contributed by atoms with Gasteiger partial charge in [-0.3, -0.25) is 0 Å². The van der Waals surface area contributed by atoms with E-state index in [4.69, 9.17) is 0 Å². The van der Waals surface area contributed by atoms with Gasteiger partial charge in [0.1, 0.15) is 0 Å². The maximum absolute atomic E-state index is 2.44. The summed E-state index contributed by atoms with van der Waals surface area (Å²) in [7, 11) is 0. The molecule has 0 saturated heterocycles. The quantitative estimate of drug-likeness (QED) is 0.279. The molecule has 0 saturated carbocycles. The van der Waals surface area contributed by atoms with Gasteiger partial charge in [0.2, 0.25) is 0 Å². The Labute approximate surface area is 205 Å². The summed E-state index contributed by atoms with van der Waals surface area (Å²) < 4.78 is 0. The molecule has 0 heteroatoms. The van der Waals surface area contributed by atoms with Crippen molar-refractivity contribution < 1.29 is 0 Å². The highest BCUT2D eigenvalue weighted by atomic mass is 14.2. The highest BCUT2D eigenvalue weighted by Crippen LogP contribution is 2.35. The molecule has 0 N–H and O–H groups in total. The standard InChI is InChI=1S/C32H28.C2H6/c1-3-11-25(12-4-1)21-24-30(26-13-5-2-6-14-26)28-16-9-17-29(23-22-28)32-20-10-18-27-15-7-8-19-31(27)32;1-2/h1-20,22,30H,21,23-24H2;1-2H3. The third-order valence-electron chi connectivity index (χ3n) is 6.45. The predicted octanol–water partition coefficient (Wildman–Crippen LogP) is 9.55. The van der Waals surface area contributed by atoms with Crippen LogP contribution < -0.4 is 0 Å². The minimum Gasteiger partial charge on any atom is -0.0763 e. The number of fused-ring (bicyclic) bond motifs is 1. The summed E-state index contributed by atoms with van der Waals surface area (Å²) in [6.45, 7) is 4.00. The first kappa shape index (κ1) is 23.5. The molecule has 1 unspecified atom stereocenters. The zero-order valence-corrected chi connectivity index (χ0v) is 20.3. The van der Waals surface area contributed by atoms with Crippen molar-refractivity contribution in [2.75, 3.05) is 0 Å². The van der Waals surface area contributed by atoms with Crippen molar-refractivity contribution in [1.29, 1.82) is 0 Å². The van der Waals surface area contributed by atoms with Crippen molar-refractivity contribution in [3.05, 3.63) is 150 Å². The van der Waals surface area contributed by atoms with E-state index in [9.17, 15) is 0 Å². The average molecular weight is 443 g/mol. The van der Waals surface area contributed by atoms with E-state index in [2.05, 4.69) is 127 Å². The lowest BCUT2D eigenvalue weighted by Gasteiger charge is -2.19. The maximum Gasteiger partial charge on any atom is 0.00894 e. The summed E-state index contributed by atoms with van der Waals surface area (Å²) >= 11 is 0. The number of hydrogen-bond donors (Lipinski definition) is 0. The third-order valence-corrected chi connectivity index (χ3v) is 6.45. The van der Waals surface area contributed by atoms with E-state index in [0.29, 0.717) is 5.92 Å². The molecule has 4 aromatic carbocycles. The molecule has 34 heavy (non-hydrogen) atoms. The van der Waals surface area contributed by atoms with Crippen molar-refractivity contribution in [2.24, 2.45) is 0 Å². The summed E-state index contributed by atoms with van der Waals surface area (Å²) in [6.07, 6.45) is 12.4. The average Bonchev–Trinajstić information content (AvgIpc) is 3.17. The fraction of sp³-hybridized carbons (Fsp3) is 0.176. The van der Waals surface area contributed by atoms with Crippen molar-refractivity contribution in [3.8, 4) is 0 Å². The highest BCUT2D eigenvalue weighted by Gasteiger charge is 2.17. The monoisotopic (exact) mass is 442 g/mol. The Hall–Kier alpha value is -3.64. The van der Waals surface area contributed by atoms with E-state index < -0.39 is 0 Å². The summed E-state index contributed by atoms with van der Waals surface area (Å²) in [5.41, 5.74) is 6.93. The topological polar surface area (TPSA) is 0 Å². The molecule has 170 valence electrons. The lowest BCUT2D eigenvalue weighted by molar-refractivity contribution is 0.712. The molecule has 1 atom stereocenters. The van der Waals surface area contributed by atoms with Crippen molar-refractivity contribution in [3.63, 3.8) is 0 Å². The van der Waals surface area contributed by atoms with E-state index >= 15 is 0 Å². The highest BCUT2D eigenvalue weighted by molar-refractivity contribution is 5.94. The first-order valence-electron chi connectivity index (χ1n) is 12.5. The molecule has 1 aliphatic carbocycles. The second kappa shape index (κ2) is 12.0. The molecular formula is C34H34. The minimum atomic E-state index is 0.396. The van der Waals surface area contributed by atoms with Crippen LogP contribution in [0.4, 0.5) is 0 Å². The second-order valence-electron chi connectivity index (χ2n) is 8.47. The Bertz CT molecular complexity index is 1270. The zero-order valence-electron chi connectivity index (χ0n) is 20.3. The van der Waals surface area contributed by atoms with Crippen LogP contribution in [0.15, 0.2) is 133 Å². The lowest BCUT2D eigenvalue weighted by atomic mass is 9.85. The van der Waals surface area contributed by atoms with Crippen LogP contribution in [0, 0.1) is 0 Å². The van der Waals surface area contributed by atoms with Gasteiger partial charge >= 0.3 is 0 Å². The number of aryl methyl sites for hydroxylation is 1. The van der Waals surface area contributed by atoms with E-state index in [1.807, 2.05) is 13.8 Å². The third kappa shape index (κ3) is 5.64. The number of benzene rings is 4. The fourth-order valence-corrected chi connectivity index (χ4v) is 4.77. The molecule has 5 rings (SSSR count). The van der Waals surface area contributed by atoms with Crippen LogP contribution in [0.5, 0.6) is 0 Å². The van der Waals surface area contributed by atoms with Gasteiger partial charge in [0.05, 0.1) is 0 Å². The molecule has 4 aromatic rings. The summed E-state index contributed by atoms with van der Waals surface area (Å²) in [5, 5.41) is 2.63. The number of allylic oxidation sites excluding steroid dienone is 6. The molecule has 0 aliphatic heterocycles. The minimum absolute atomic E-state index is 0.396. The van der Waals surface area contributed by atoms with E-state index in [0.717, 1.165) is 19.3 Å². The van der Waals surface area contributed by atoms with Crippen molar-refractivity contribution in [1.82, 2.24) is 0 Å². The molecule has 0 spiro atoms. The van der Waals surface area contributed by atoms with Crippen molar-refractivity contribution in [2.45, 2.75) is 39.0 Å². The van der Waals surface area contributed by atoms with Gasteiger partial charge in [-0.25, -0.2) is 0 Å². The van der Waals surface area contributed by atoms with Gasteiger partial charge in [0.15, 0.2) is 0 Å². The first-order chi connectivity index (χ1) is 16.9. The predicted molar refractivity (Wildman–Crippen MR) is 149 cm³/mol. The largest absolute Gasteiger partial charge is 0.0763 e. The number of hydrogen-bond acceptors (Lipinski definition) is 0. The number of rotatable bonds is 6. The van der Waals surface area contributed by atoms with Crippen molar-refractivity contribution >= 4 is 16.3 Å². The van der Waals surface area contributed by atoms with E-state index in [1.54, 1.807) is 0 Å². The summed E-state index contributed by atoms with van der Waals surface area (Å²) in [4.78, 5) is 0. The Morgan fingerprint density at radius 3 is 2.18 bits per heavy atom. The summed E-state index contributed by atoms with van der Waals surface area (Å²) in [6, 6.07) is 37.1. The zero-order chi connectivity index (χ0) is 23.6. The molecule has 0 bridgehead atoms. The molecule has 0 amide bonds. The first-order valence-corrected chi connectivity index (χ1v) is 12.5. The molecular weight excluding hydrogens is 408 g/mol. The van der Waals surface area contributed by atoms with Gasteiger partial charge in [-0.1, -0.05) is 141 Å². The van der Waals surface area contributed by atoms with Crippen LogP contribution in [-0.4, -0.2) is 0 Å². The van der Waals surface area contributed by atoms with Crippen LogP contribution in [0.3, 0.4) is 0 Å². The van der Waals surface area contributed by atoms with Gasteiger partial charge in [0, 0.05) is 5.92 Å². The van der Waals surface area contributed by atoms with Crippen LogP contribution in [-0.2, 0) is 6.42 Å². The maximum atomic E-state index is 2.44. The Balaban J connectivity index is 0.00000133. The van der Waals surface area contributed by atoms with Gasteiger partial charge in [-0.2, -0.15) is 0 Å². The van der Waals surface area contributed by atoms with Crippen LogP contribution >= 0.6 is 0 Å².